The van der Waals surface area contributed by atoms with Gasteiger partial charge in [-0.2, -0.15) is 0 Å². The number of sulfone groups is 1. The van der Waals surface area contributed by atoms with Crippen molar-refractivity contribution in [1.82, 2.24) is 10.3 Å². The Labute approximate surface area is 156 Å². The van der Waals surface area contributed by atoms with E-state index in [2.05, 4.69) is 15.6 Å². The van der Waals surface area contributed by atoms with Crippen molar-refractivity contribution < 1.29 is 17.6 Å². The highest BCUT2D eigenvalue weighted by Crippen LogP contribution is 2.34. The van der Waals surface area contributed by atoms with Gasteiger partial charge in [0.1, 0.15) is 5.76 Å². The molecule has 0 saturated carbocycles. The van der Waals surface area contributed by atoms with Crippen LogP contribution < -0.4 is 10.6 Å². The van der Waals surface area contributed by atoms with Crippen LogP contribution in [0.5, 0.6) is 0 Å². The van der Waals surface area contributed by atoms with Crippen molar-refractivity contribution in [2.75, 3.05) is 11.9 Å². The molecule has 2 heterocycles. The number of carbonyl (C=O) groups excluding carboxylic acids is 1. The van der Waals surface area contributed by atoms with E-state index in [1.54, 1.807) is 36.5 Å². The quantitative estimate of drug-likeness (QED) is 0.656. The predicted octanol–water partition coefficient (Wildman–Crippen LogP) is 2.41. The number of aromatic nitrogens is 1. The molecule has 7 nitrogen and oxygen atoms in total. The molecule has 0 saturated heterocycles. The largest absolute Gasteiger partial charge is 0.448 e. The molecule has 0 radical (unpaired) electrons. The third-order valence-electron chi connectivity index (χ3n) is 4.36. The highest BCUT2D eigenvalue weighted by molar-refractivity contribution is 7.91. The number of hydrogen-bond donors (Lipinski definition) is 2. The Hall–Kier alpha value is -2.97. The van der Waals surface area contributed by atoms with Crippen LogP contribution in [0.4, 0.5) is 5.69 Å². The minimum absolute atomic E-state index is 0.0270. The van der Waals surface area contributed by atoms with Crippen LogP contribution in [0.2, 0.25) is 0 Å². The van der Waals surface area contributed by atoms with E-state index in [0.29, 0.717) is 25.2 Å². The van der Waals surface area contributed by atoms with Crippen LogP contribution in [0.25, 0.3) is 0 Å². The molecule has 2 aromatic carbocycles. The van der Waals surface area contributed by atoms with Crippen LogP contribution in [0.1, 0.15) is 21.7 Å². The monoisotopic (exact) mass is 383 g/mol. The number of carbonyl (C=O) groups is 1. The van der Waals surface area contributed by atoms with E-state index in [1.807, 2.05) is 0 Å². The molecule has 1 aromatic heterocycles. The first kappa shape index (κ1) is 17.4. The van der Waals surface area contributed by atoms with Gasteiger partial charge in [-0.3, -0.25) is 4.79 Å². The summed E-state index contributed by atoms with van der Waals surface area (Å²) in [4.78, 5) is 16.4. The molecule has 0 spiro atoms. The number of benzene rings is 2. The lowest BCUT2D eigenvalue weighted by atomic mass is 10.1. The summed E-state index contributed by atoms with van der Waals surface area (Å²) in [5.41, 5.74) is 1.32. The fourth-order valence-corrected chi connectivity index (χ4v) is 4.62. The molecule has 0 fully saturated rings. The molecule has 27 heavy (non-hydrogen) atoms. The molecule has 2 N–H and O–H groups in total. The number of nitrogens with one attached hydrogen (secondary N) is 2. The smallest absolute Gasteiger partial charge is 0.257 e. The molecule has 0 bridgehead atoms. The minimum Gasteiger partial charge on any atom is -0.448 e. The number of anilines is 1. The first-order valence-electron chi connectivity index (χ1n) is 8.42. The Bertz CT molecular complexity index is 1090. The zero-order valence-electron chi connectivity index (χ0n) is 14.3. The molecule has 1 aliphatic heterocycles. The average Bonchev–Trinajstić information content (AvgIpc) is 3.16. The Kier molecular flexibility index (Phi) is 4.51. The lowest BCUT2D eigenvalue weighted by Crippen LogP contribution is -2.17. The third-order valence-corrected chi connectivity index (χ3v) is 6.23. The molecule has 1 aliphatic rings. The second-order valence-electron chi connectivity index (χ2n) is 6.18. The highest BCUT2D eigenvalue weighted by Gasteiger charge is 2.30. The fourth-order valence-electron chi connectivity index (χ4n) is 3.03. The van der Waals surface area contributed by atoms with Gasteiger partial charge in [-0.1, -0.05) is 18.2 Å². The van der Waals surface area contributed by atoms with Crippen molar-refractivity contribution in [2.45, 2.75) is 22.8 Å². The molecule has 4 rings (SSSR count). The predicted molar refractivity (Wildman–Crippen MR) is 98.2 cm³/mol. The van der Waals surface area contributed by atoms with Crippen molar-refractivity contribution in [3.05, 3.63) is 71.9 Å². The number of amides is 1. The zero-order valence-corrected chi connectivity index (χ0v) is 15.1. The Morgan fingerprint density at radius 1 is 1.11 bits per heavy atom. The number of rotatable bonds is 5. The van der Waals surface area contributed by atoms with Crippen LogP contribution in [0, 0.1) is 0 Å². The summed E-state index contributed by atoms with van der Waals surface area (Å²) in [6.45, 7) is 1.21. The first-order chi connectivity index (χ1) is 13.1. The van der Waals surface area contributed by atoms with E-state index in [1.165, 1.54) is 18.5 Å². The van der Waals surface area contributed by atoms with E-state index in [4.69, 9.17) is 4.42 Å². The normalized spacial score (nSPS) is 14.7. The summed E-state index contributed by atoms with van der Waals surface area (Å²) in [7, 11) is -3.77. The van der Waals surface area contributed by atoms with Gasteiger partial charge in [0.2, 0.25) is 9.84 Å². The summed E-state index contributed by atoms with van der Waals surface area (Å²) in [6, 6.07) is 11.2. The SMILES string of the molecule is O=C1Nc2cc(CNCCc3cnco3)ccc2S(=O)(=O)c2ccccc21. The Morgan fingerprint density at radius 3 is 2.78 bits per heavy atom. The van der Waals surface area contributed by atoms with Gasteiger partial charge in [-0.05, 0) is 29.8 Å². The fraction of sp³-hybridized carbons (Fsp3) is 0.158. The molecule has 8 heteroatoms. The topological polar surface area (TPSA) is 101 Å². The lowest BCUT2D eigenvalue weighted by molar-refractivity contribution is 0.102. The Morgan fingerprint density at radius 2 is 1.96 bits per heavy atom. The molecule has 138 valence electrons. The van der Waals surface area contributed by atoms with E-state index in [0.717, 1.165) is 11.3 Å². The Balaban J connectivity index is 1.56. The van der Waals surface area contributed by atoms with Gasteiger partial charge >= 0.3 is 0 Å². The molecular weight excluding hydrogens is 366 g/mol. The third kappa shape index (κ3) is 3.36. The van der Waals surface area contributed by atoms with Crippen LogP contribution in [-0.4, -0.2) is 25.9 Å². The maximum Gasteiger partial charge on any atom is 0.257 e. The molecule has 0 aliphatic carbocycles. The molecule has 3 aromatic rings. The van der Waals surface area contributed by atoms with Gasteiger partial charge < -0.3 is 15.1 Å². The number of oxazole rings is 1. The van der Waals surface area contributed by atoms with Gasteiger partial charge in [0.05, 0.1) is 27.2 Å². The van der Waals surface area contributed by atoms with Gasteiger partial charge in [0.15, 0.2) is 6.39 Å². The van der Waals surface area contributed by atoms with Crippen molar-refractivity contribution in [3.63, 3.8) is 0 Å². The average molecular weight is 383 g/mol. The summed E-state index contributed by atoms with van der Waals surface area (Å²) < 4.78 is 31.1. The van der Waals surface area contributed by atoms with Crippen molar-refractivity contribution >= 4 is 21.4 Å². The van der Waals surface area contributed by atoms with Gasteiger partial charge in [0.25, 0.3) is 5.91 Å². The van der Waals surface area contributed by atoms with E-state index < -0.39 is 15.7 Å². The van der Waals surface area contributed by atoms with Gasteiger partial charge in [-0.25, -0.2) is 13.4 Å². The van der Waals surface area contributed by atoms with Gasteiger partial charge in [-0.15, -0.1) is 0 Å². The molecule has 1 amide bonds. The highest BCUT2D eigenvalue weighted by atomic mass is 32.2. The summed E-state index contributed by atoms with van der Waals surface area (Å²) in [5.74, 6) is 0.365. The number of fused-ring (bicyclic) bond motifs is 2. The van der Waals surface area contributed by atoms with E-state index in [9.17, 15) is 13.2 Å². The van der Waals surface area contributed by atoms with Crippen LogP contribution in [-0.2, 0) is 22.8 Å². The summed E-state index contributed by atoms with van der Waals surface area (Å²) >= 11 is 0. The van der Waals surface area contributed by atoms with Crippen LogP contribution in [0.3, 0.4) is 0 Å². The van der Waals surface area contributed by atoms with Crippen LogP contribution in [0.15, 0.2) is 69.3 Å². The van der Waals surface area contributed by atoms with Gasteiger partial charge in [0, 0.05) is 19.5 Å². The lowest BCUT2D eigenvalue weighted by Gasteiger charge is -2.10. The molecule has 0 atom stereocenters. The van der Waals surface area contributed by atoms with Crippen molar-refractivity contribution in [3.8, 4) is 0 Å². The van der Waals surface area contributed by atoms with E-state index in [-0.39, 0.29) is 15.4 Å². The molecule has 0 unspecified atom stereocenters. The number of hydrogen-bond acceptors (Lipinski definition) is 6. The first-order valence-corrected chi connectivity index (χ1v) is 9.90. The standard InChI is InChI=1S/C19H17N3O4S/c23-19-15-3-1-2-4-17(15)27(24,25)18-6-5-13(9-16(18)22-19)10-20-8-7-14-11-21-12-26-14/h1-6,9,11-12,20H,7-8,10H2,(H,22,23). The van der Waals surface area contributed by atoms with Crippen molar-refractivity contribution in [1.29, 1.82) is 0 Å². The second kappa shape index (κ2) is 6.98. The van der Waals surface area contributed by atoms with Crippen molar-refractivity contribution in [2.24, 2.45) is 0 Å². The second-order valence-corrected chi connectivity index (χ2v) is 8.07. The van der Waals surface area contributed by atoms with Crippen LogP contribution >= 0.6 is 0 Å². The number of nitrogens with zero attached hydrogens (tertiary/aromatic N) is 1. The maximum atomic E-state index is 12.9. The summed E-state index contributed by atoms with van der Waals surface area (Å²) in [5, 5.41) is 5.98. The maximum absolute atomic E-state index is 12.9. The minimum atomic E-state index is -3.77. The zero-order chi connectivity index (χ0) is 18.9. The molecular formula is C19H17N3O4S. The summed E-state index contributed by atoms with van der Waals surface area (Å²) in [6.07, 6.45) is 3.76. The van der Waals surface area contributed by atoms with E-state index >= 15 is 0 Å².